The molecule has 0 saturated carbocycles. The summed E-state index contributed by atoms with van der Waals surface area (Å²) in [7, 11) is 0. The number of halogens is 1. The number of aliphatic hydroxyl groups is 1. The average molecular weight is 285 g/mol. The summed E-state index contributed by atoms with van der Waals surface area (Å²) < 4.78 is 5.35. The lowest BCUT2D eigenvalue weighted by Gasteiger charge is -2.08. The minimum Gasteiger partial charge on any atom is -0.507 e. The van der Waals surface area contributed by atoms with Crippen LogP contribution < -0.4 is 4.74 Å². The fraction of sp³-hybridized carbons (Fsp3) is 0.231. The van der Waals surface area contributed by atoms with Gasteiger partial charge in [0.1, 0.15) is 11.5 Å². The molecule has 0 radical (unpaired) electrons. The van der Waals surface area contributed by atoms with Crippen molar-refractivity contribution in [1.29, 1.82) is 0 Å². The van der Waals surface area contributed by atoms with Gasteiger partial charge in [-0.15, -0.1) is 0 Å². The molecular weight excluding hydrogens is 272 g/mol. The van der Waals surface area contributed by atoms with Crippen molar-refractivity contribution >= 4 is 29.1 Å². The molecule has 0 aliphatic rings. The first-order valence-electron chi connectivity index (χ1n) is 5.56. The van der Waals surface area contributed by atoms with Crippen molar-refractivity contribution in [1.82, 2.24) is 0 Å². The van der Waals surface area contributed by atoms with Crippen LogP contribution in [0.1, 0.15) is 18.9 Å². The van der Waals surface area contributed by atoms with E-state index in [-0.39, 0.29) is 10.6 Å². The van der Waals surface area contributed by atoms with Gasteiger partial charge in [0.2, 0.25) is 0 Å². The molecule has 0 atom stereocenters. The Bertz CT molecular complexity index is 522. The predicted octanol–water partition coefficient (Wildman–Crippen LogP) is 2.68. The van der Waals surface area contributed by atoms with Crippen LogP contribution >= 0.6 is 11.6 Å². The molecule has 5 nitrogen and oxygen atoms in total. The number of ether oxygens (including phenoxy) is 1. The Morgan fingerprint density at radius 3 is 2.58 bits per heavy atom. The van der Waals surface area contributed by atoms with Crippen LogP contribution in [0.25, 0.3) is 5.76 Å². The Labute approximate surface area is 115 Å². The van der Waals surface area contributed by atoms with Crippen LogP contribution in [0.15, 0.2) is 24.3 Å². The fourth-order valence-electron chi connectivity index (χ4n) is 1.26. The summed E-state index contributed by atoms with van der Waals surface area (Å²) in [5.74, 6) is -2.85. The van der Waals surface area contributed by atoms with Crippen LogP contribution in [-0.4, -0.2) is 28.6 Å². The highest BCUT2D eigenvalue weighted by atomic mass is 35.5. The summed E-state index contributed by atoms with van der Waals surface area (Å²) >= 11 is 5.94. The number of hydrogen-bond acceptors (Lipinski definition) is 4. The smallest absolute Gasteiger partial charge is 0.376 e. The number of carbonyl (C=O) groups is 2. The largest absolute Gasteiger partial charge is 0.507 e. The number of benzene rings is 1. The first-order chi connectivity index (χ1) is 8.95. The minimum absolute atomic E-state index is 0.239. The molecule has 0 bridgehead atoms. The fourth-order valence-corrected chi connectivity index (χ4v) is 1.49. The van der Waals surface area contributed by atoms with Gasteiger partial charge in [-0.3, -0.25) is 4.79 Å². The van der Waals surface area contributed by atoms with Crippen LogP contribution in [0.3, 0.4) is 0 Å². The third-order valence-corrected chi connectivity index (χ3v) is 2.46. The molecule has 0 aliphatic carbocycles. The summed E-state index contributed by atoms with van der Waals surface area (Å²) in [4.78, 5) is 21.3. The summed E-state index contributed by atoms with van der Waals surface area (Å²) in [6.45, 7) is 2.47. The third kappa shape index (κ3) is 4.30. The van der Waals surface area contributed by atoms with Crippen molar-refractivity contribution in [2.24, 2.45) is 0 Å². The van der Waals surface area contributed by atoms with E-state index in [1.807, 2.05) is 6.92 Å². The Hall–Kier alpha value is -2.01. The number of carboxylic acids is 1. The Kier molecular flexibility index (Phi) is 5.38. The monoisotopic (exact) mass is 284 g/mol. The van der Waals surface area contributed by atoms with Gasteiger partial charge in [-0.1, -0.05) is 18.5 Å². The molecule has 0 aromatic heterocycles. The molecule has 1 rings (SSSR count). The average Bonchev–Trinajstić information content (AvgIpc) is 2.36. The van der Waals surface area contributed by atoms with Gasteiger partial charge in [0.15, 0.2) is 0 Å². The van der Waals surface area contributed by atoms with Gasteiger partial charge in [-0.05, 0) is 24.6 Å². The highest BCUT2D eigenvalue weighted by Crippen LogP contribution is 2.27. The molecule has 1 aromatic carbocycles. The van der Waals surface area contributed by atoms with Crippen molar-refractivity contribution in [3.63, 3.8) is 0 Å². The molecule has 0 fully saturated rings. The van der Waals surface area contributed by atoms with Gasteiger partial charge < -0.3 is 14.9 Å². The Morgan fingerprint density at radius 2 is 2.05 bits per heavy atom. The van der Waals surface area contributed by atoms with E-state index in [0.29, 0.717) is 18.4 Å². The van der Waals surface area contributed by atoms with Crippen molar-refractivity contribution in [3.05, 3.63) is 34.9 Å². The summed E-state index contributed by atoms with van der Waals surface area (Å²) in [5.41, 5.74) is 0.239. The molecule has 0 saturated heterocycles. The molecule has 1 aromatic rings. The molecule has 0 amide bonds. The standard InChI is InChI=1S/C13H13ClO5/c1-2-5-19-12-4-3-8(6-9(12)14)10(15)7-11(16)13(17)18/h3-4,6-7,15H,2,5H2,1H3,(H,17,18). The minimum atomic E-state index is -1.64. The highest BCUT2D eigenvalue weighted by Gasteiger charge is 2.11. The molecular formula is C13H13ClO5. The topological polar surface area (TPSA) is 83.8 Å². The SMILES string of the molecule is CCCOc1ccc(C(O)=CC(=O)C(=O)O)cc1Cl. The number of rotatable bonds is 6. The zero-order valence-electron chi connectivity index (χ0n) is 10.2. The van der Waals surface area contributed by atoms with Crippen molar-refractivity contribution in [2.75, 3.05) is 6.61 Å². The molecule has 0 heterocycles. The molecule has 19 heavy (non-hydrogen) atoms. The van der Waals surface area contributed by atoms with Crippen molar-refractivity contribution in [2.45, 2.75) is 13.3 Å². The van der Waals surface area contributed by atoms with Crippen LogP contribution in [-0.2, 0) is 9.59 Å². The normalized spacial score (nSPS) is 11.2. The summed E-state index contributed by atoms with van der Waals surface area (Å²) in [5, 5.41) is 18.3. The number of carboxylic acid groups (broad SMARTS) is 1. The second kappa shape index (κ2) is 6.80. The number of ketones is 1. The Morgan fingerprint density at radius 1 is 1.37 bits per heavy atom. The number of aliphatic hydroxyl groups excluding tert-OH is 1. The van der Waals surface area contributed by atoms with Gasteiger partial charge >= 0.3 is 5.97 Å². The van der Waals surface area contributed by atoms with E-state index in [0.717, 1.165) is 6.42 Å². The van der Waals surface area contributed by atoms with Gasteiger partial charge in [0, 0.05) is 11.6 Å². The zero-order chi connectivity index (χ0) is 14.4. The van der Waals surface area contributed by atoms with Crippen LogP contribution in [0.2, 0.25) is 5.02 Å². The second-order valence-corrected chi connectivity index (χ2v) is 4.10. The van der Waals surface area contributed by atoms with Gasteiger partial charge in [-0.25, -0.2) is 4.79 Å². The zero-order valence-corrected chi connectivity index (χ0v) is 11.0. The lowest BCUT2D eigenvalue weighted by molar-refractivity contribution is -0.146. The summed E-state index contributed by atoms with van der Waals surface area (Å²) in [6, 6.07) is 4.42. The quantitative estimate of drug-likeness (QED) is 0.477. The summed E-state index contributed by atoms with van der Waals surface area (Å²) in [6.07, 6.45) is 1.46. The second-order valence-electron chi connectivity index (χ2n) is 3.69. The van der Waals surface area contributed by atoms with Gasteiger partial charge in [-0.2, -0.15) is 0 Å². The molecule has 0 spiro atoms. The van der Waals surface area contributed by atoms with E-state index in [2.05, 4.69) is 0 Å². The van der Waals surface area contributed by atoms with E-state index < -0.39 is 17.5 Å². The maximum atomic E-state index is 10.9. The van der Waals surface area contributed by atoms with Crippen LogP contribution in [0.4, 0.5) is 0 Å². The van der Waals surface area contributed by atoms with Crippen LogP contribution in [0.5, 0.6) is 5.75 Å². The lowest BCUT2D eigenvalue weighted by Crippen LogP contribution is -2.09. The van der Waals surface area contributed by atoms with Crippen molar-refractivity contribution in [3.8, 4) is 5.75 Å². The van der Waals surface area contributed by atoms with Crippen LogP contribution in [0, 0.1) is 0 Å². The molecule has 102 valence electrons. The maximum absolute atomic E-state index is 10.9. The highest BCUT2D eigenvalue weighted by molar-refractivity contribution is 6.38. The predicted molar refractivity (Wildman–Crippen MR) is 70.5 cm³/mol. The first-order valence-corrected chi connectivity index (χ1v) is 5.94. The third-order valence-electron chi connectivity index (χ3n) is 2.17. The van der Waals surface area contributed by atoms with Crippen molar-refractivity contribution < 1.29 is 24.5 Å². The number of carbonyl (C=O) groups excluding carboxylic acids is 1. The molecule has 2 N–H and O–H groups in total. The lowest BCUT2D eigenvalue weighted by atomic mass is 10.1. The van der Waals surface area contributed by atoms with E-state index in [9.17, 15) is 14.7 Å². The van der Waals surface area contributed by atoms with Gasteiger partial charge in [0.05, 0.1) is 11.6 Å². The van der Waals surface area contributed by atoms with Gasteiger partial charge in [0.25, 0.3) is 5.78 Å². The molecule has 0 unspecified atom stereocenters. The Balaban J connectivity index is 2.94. The molecule has 6 heteroatoms. The number of aliphatic carboxylic acids is 1. The van der Waals surface area contributed by atoms with E-state index in [1.54, 1.807) is 6.07 Å². The molecule has 0 aliphatic heterocycles. The van der Waals surface area contributed by atoms with E-state index in [1.165, 1.54) is 12.1 Å². The van der Waals surface area contributed by atoms with E-state index >= 15 is 0 Å². The maximum Gasteiger partial charge on any atom is 0.376 e. The first kappa shape index (κ1) is 15.0. The van der Waals surface area contributed by atoms with E-state index in [4.69, 9.17) is 21.4 Å². The number of hydrogen-bond donors (Lipinski definition) is 2.